The molecule has 3 aromatic rings. The Labute approximate surface area is 152 Å². The van der Waals surface area contributed by atoms with Gasteiger partial charge in [-0.2, -0.15) is 0 Å². The third-order valence-corrected chi connectivity index (χ3v) is 4.49. The summed E-state index contributed by atoms with van der Waals surface area (Å²) in [6.07, 6.45) is 0. The molecule has 2 aromatic carbocycles. The van der Waals surface area contributed by atoms with Gasteiger partial charge in [-0.15, -0.1) is 0 Å². The molecule has 0 unspecified atom stereocenters. The van der Waals surface area contributed by atoms with Crippen LogP contribution < -0.4 is 16.2 Å². The predicted octanol–water partition coefficient (Wildman–Crippen LogP) is 2.73. The van der Waals surface area contributed by atoms with Crippen LogP contribution in [0.2, 0.25) is 0 Å². The average Bonchev–Trinajstić information content (AvgIpc) is 2.86. The van der Waals surface area contributed by atoms with Gasteiger partial charge in [0.15, 0.2) is 0 Å². The maximum atomic E-state index is 13.1. The molecule has 0 fully saturated rings. The minimum atomic E-state index is -0.245. The first-order valence-electron chi connectivity index (χ1n) is 8.47. The summed E-state index contributed by atoms with van der Waals surface area (Å²) in [5, 5.41) is 0. The van der Waals surface area contributed by atoms with Gasteiger partial charge in [0.05, 0.1) is 11.4 Å². The molecule has 6 nitrogen and oxygen atoms in total. The van der Waals surface area contributed by atoms with Gasteiger partial charge in [0.25, 0.3) is 11.5 Å². The molecule has 3 rings (SSSR count). The van der Waals surface area contributed by atoms with Crippen molar-refractivity contribution in [3.8, 4) is 5.69 Å². The van der Waals surface area contributed by atoms with Crippen molar-refractivity contribution in [3.05, 3.63) is 76.2 Å². The lowest BCUT2D eigenvalue weighted by atomic mass is 10.1. The summed E-state index contributed by atoms with van der Waals surface area (Å²) in [4.78, 5) is 27.6. The van der Waals surface area contributed by atoms with Crippen LogP contribution in [0.25, 0.3) is 5.69 Å². The van der Waals surface area contributed by atoms with Crippen molar-refractivity contribution in [2.45, 2.75) is 13.8 Å². The molecule has 0 spiro atoms. The number of benzene rings is 2. The average molecular weight is 350 g/mol. The highest BCUT2D eigenvalue weighted by Gasteiger charge is 2.25. The fourth-order valence-corrected chi connectivity index (χ4v) is 3.10. The molecule has 26 heavy (non-hydrogen) atoms. The minimum absolute atomic E-state index is 0.227. The van der Waals surface area contributed by atoms with E-state index in [1.165, 1.54) is 4.90 Å². The zero-order valence-electron chi connectivity index (χ0n) is 15.1. The maximum absolute atomic E-state index is 13.1. The smallest absolute Gasteiger partial charge is 0.295 e. The number of nitrogen functional groups attached to an aromatic ring is 1. The summed E-state index contributed by atoms with van der Waals surface area (Å²) in [6, 6.07) is 16.2. The Morgan fingerprint density at radius 3 is 2.42 bits per heavy atom. The fourth-order valence-electron chi connectivity index (χ4n) is 3.10. The van der Waals surface area contributed by atoms with Crippen LogP contribution in [0.3, 0.4) is 0 Å². The number of anilines is 2. The summed E-state index contributed by atoms with van der Waals surface area (Å²) in [5.41, 5.74) is 8.40. The zero-order chi connectivity index (χ0) is 18.8. The maximum Gasteiger partial charge on any atom is 0.295 e. The molecule has 2 N–H and O–H groups in total. The number of nitrogens with zero attached hydrogens (tertiary/aromatic N) is 3. The Morgan fingerprint density at radius 2 is 1.81 bits per heavy atom. The number of amides is 1. The molecule has 0 bridgehead atoms. The van der Waals surface area contributed by atoms with E-state index in [2.05, 4.69) is 0 Å². The summed E-state index contributed by atoms with van der Waals surface area (Å²) in [6.45, 7) is 4.07. The Balaban J connectivity index is 2.13. The van der Waals surface area contributed by atoms with E-state index in [9.17, 15) is 9.59 Å². The van der Waals surface area contributed by atoms with Crippen LogP contribution in [0.1, 0.15) is 23.0 Å². The van der Waals surface area contributed by atoms with E-state index >= 15 is 0 Å². The molecule has 6 heteroatoms. The van der Waals surface area contributed by atoms with Gasteiger partial charge in [0.1, 0.15) is 5.69 Å². The molecule has 0 atom stereocenters. The highest BCUT2D eigenvalue weighted by atomic mass is 16.2. The normalized spacial score (nSPS) is 10.7. The summed E-state index contributed by atoms with van der Waals surface area (Å²) in [5.74, 6) is -0.245. The predicted molar refractivity (Wildman–Crippen MR) is 104 cm³/mol. The number of carbonyl (C=O) groups excluding carboxylic acids is 1. The van der Waals surface area contributed by atoms with Crippen LogP contribution in [-0.2, 0) is 7.05 Å². The Bertz CT molecular complexity index is 1000. The Kier molecular flexibility index (Phi) is 4.67. The number of nitrogens with two attached hydrogens (primary N) is 1. The van der Waals surface area contributed by atoms with Crippen LogP contribution >= 0.6 is 0 Å². The molecule has 0 aliphatic rings. The summed E-state index contributed by atoms with van der Waals surface area (Å²) < 4.78 is 3.34. The summed E-state index contributed by atoms with van der Waals surface area (Å²) >= 11 is 0. The molecule has 1 aromatic heterocycles. The van der Waals surface area contributed by atoms with Gasteiger partial charge >= 0.3 is 0 Å². The van der Waals surface area contributed by atoms with E-state index in [-0.39, 0.29) is 11.5 Å². The highest BCUT2D eigenvalue weighted by molar-refractivity contribution is 6.06. The molecule has 0 aliphatic heterocycles. The van der Waals surface area contributed by atoms with E-state index in [4.69, 9.17) is 5.73 Å². The lowest BCUT2D eigenvalue weighted by molar-refractivity contribution is 0.0988. The third-order valence-electron chi connectivity index (χ3n) is 4.49. The van der Waals surface area contributed by atoms with Gasteiger partial charge in [-0.05, 0) is 44.2 Å². The number of hydrogen-bond donors (Lipinski definition) is 1. The van der Waals surface area contributed by atoms with Crippen LogP contribution in [0.5, 0.6) is 0 Å². The number of aromatic nitrogens is 2. The Hall–Kier alpha value is -3.28. The molecule has 134 valence electrons. The minimum Gasteiger partial charge on any atom is -0.399 e. The van der Waals surface area contributed by atoms with E-state index in [1.807, 2.05) is 51.2 Å². The van der Waals surface area contributed by atoms with E-state index in [1.54, 1.807) is 33.6 Å². The first-order chi connectivity index (χ1) is 12.5. The molecule has 0 radical (unpaired) electrons. The van der Waals surface area contributed by atoms with Crippen molar-refractivity contribution in [3.63, 3.8) is 0 Å². The van der Waals surface area contributed by atoms with E-state index in [0.717, 1.165) is 11.4 Å². The number of hydrogen-bond acceptors (Lipinski definition) is 3. The molecule has 0 saturated carbocycles. The van der Waals surface area contributed by atoms with Crippen LogP contribution in [0.4, 0.5) is 11.4 Å². The van der Waals surface area contributed by atoms with Gasteiger partial charge < -0.3 is 10.6 Å². The lowest BCUT2D eigenvalue weighted by Gasteiger charge is -2.19. The van der Waals surface area contributed by atoms with Crippen molar-refractivity contribution in [1.29, 1.82) is 0 Å². The van der Waals surface area contributed by atoms with Crippen molar-refractivity contribution in [2.75, 3.05) is 17.2 Å². The van der Waals surface area contributed by atoms with Crippen molar-refractivity contribution >= 4 is 17.3 Å². The van der Waals surface area contributed by atoms with Crippen molar-refractivity contribution < 1.29 is 4.79 Å². The largest absolute Gasteiger partial charge is 0.399 e. The van der Waals surface area contributed by atoms with Gasteiger partial charge in [0.2, 0.25) is 0 Å². The second kappa shape index (κ2) is 6.92. The highest BCUT2D eigenvalue weighted by Crippen LogP contribution is 2.21. The molecule has 0 saturated heterocycles. The quantitative estimate of drug-likeness (QED) is 0.735. The van der Waals surface area contributed by atoms with Gasteiger partial charge in [0, 0.05) is 24.8 Å². The summed E-state index contributed by atoms with van der Waals surface area (Å²) in [7, 11) is 1.81. The van der Waals surface area contributed by atoms with Crippen molar-refractivity contribution in [1.82, 2.24) is 9.36 Å². The van der Waals surface area contributed by atoms with Gasteiger partial charge in [-0.1, -0.05) is 24.3 Å². The first-order valence-corrected chi connectivity index (χ1v) is 8.47. The monoisotopic (exact) mass is 350 g/mol. The van der Waals surface area contributed by atoms with E-state index < -0.39 is 0 Å². The topological polar surface area (TPSA) is 73.3 Å². The van der Waals surface area contributed by atoms with Crippen LogP contribution in [0.15, 0.2) is 59.4 Å². The molecular formula is C20H22N4O2. The zero-order valence-corrected chi connectivity index (χ0v) is 15.1. The number of carbonyl (C=O) groups is 1. The van der Waals surface area contributed by atoms with E-state index in [0.29, 0.717) is 23.5 Å². The van der Waals surface area contributed by atoms with Gasteiger partial charge in [-0.25, -0.2) is 4.68 Å². The van der Waals surface area contributed by atoms with Crippen LogP contribution in [0, 0.1) is 6.92 Å². The third kappa shape index (κ3) is 2.90. The Morgan fingerprint density at radius 1 is 1.12 bits per heavy atom. The molecular weight excluding hydrogens is 328 g/mol. The molecule has 1 amide bonds. The van der Waals surface area contributed by atoms with Crippen LogP contribution in [-0.4, -0.2) is 21.8 Å². The number of rotatable bonds is 4. The van der Waals surface area contributed by atoms with Crippen molar-refractivity contribution in [2.24, 2.45) is 7.05 Å². The second-order valence-corrected chi connectivity index (χ2v) is 6.09. The molecule has 0 aliphatic carbocycles. The lowest BCUT2D eigenvalue weighted by Crippen LogP contribution is -2.35. The molecule has 1 heterocycles. The number of para-hydroxylation sites is 1. The van der Waals surface area contributed by atoms with Gasteiger partial charge in [-0.3, -0.25) is 14.3 Å². The first kappa shape index (κ1) is 17.5. The SMILES string of the molecule is CCN(C(=O)c1cccc(N)c1)c1c(C)n(C)n(-c2ccccc2)c1=O. The fraction of sp³-hybridized carbons (Fsp3) is 0.200. The second-order valence-electron chi connectivity index (χ2n) is 6.09. The standard InChI is InChI=1S/C20H22N4O2/c1-4-23(19(25)15-9-8-10-16(21)13-15)18-14(2)22(3)24(20(18)26)17-11-6-5-7-12-17/h5-13H,4,21H2,1-3H3.